The molecule has 0 bridgehead atoms. The van der Waals surface area contributed by atoms with Gasteiger partial charge in [0.2, 0.25) is 0 Å². The van der Waals surface area contributed by atoms with Crippen LogP contribution in [0.2, 0.25) is 0 Å². The van der Waals surface area contributed by atoms with Gasteiger partial charge in [-0.05, 0) is 36.9 Å². The van der Waals surface area contributed by atoms with E-state index in [9.17, 15) is 0 Å². The van der Waals surface area contributed by atoms with Crippen LogP contribution in [-0.4, -0.2) is 21.5 Å². The van der Waals surface area contributed by atoms with Gasteiger partial charge in [0, 0.05) is 49.1 Å². The molecule has 2 heterocycles. The van der Waals surface area contributed by atoms with E-state index in [1.54, 1.807) is 0 Å². The fraction of sp³-hybridized carbons (Fsp3) is 0.250. The summed E-state index contributed by atoms with van der Waals surface area (Å²) in [5, 5.41) is 1.32. The van der Waals surface area contributed by atoms with Gasteiger partial charge < -0.3 is 9.55 Å². The number of hydrogen-bond acceptors (Lipinski definition) is 1. The first kappa shape index (κ1) is 12.1. The van der Waals surface area contributed by atoms with Crippen molar-refractivity contribution in [2.75, 3.05) is 7.05 Å². The highest BCUT2D eigenvalue weighted by Crippen LogP contribution is 2.19. The maximum Gasteiger partial charge on any atom is 0.0457 e. The van der Waals surface area contributed by atoms with Crippen molar-refractivity contribution < 1.29 is 0 Å². The predicted molar refractivity (Wildman–Crippen MR) is 78.9 cm³/mol. The molecule has 0 aliphatic carbocycles. The lowest BCUT2D eigenvalue weighted by atomic mass is 10.1. The lowest BCUT2D eigenvalue weighted by Gasteiger charge is -2.17. The Balaban J connectivity index is 1.77. The van der Waals surface area contributed by atoms with Crippen molar-refractivity contribution in [1.29, 1.82) is 0 Å². The fourth-order valence-corrected chi connectivity index (χ4v) is 2.57. The first-order valence-corrected chi connectivity index (χ1v) is 6.58. The number of fused-ring (bicyclic) bond motifs is 1. The van der Waals surface area contributed by atoms with Gasteiger partial charge in [-0.2, -0.15) is 0 Å². The smallest absolute Gasteiger partial charge is 0.0457 e. The summed E-state index contributed by atoms with van der Waals surface area (Å²) in [4.78, 5) is 5.61. The number of H-pyrrole nitrogens is 1. The maximum atomic E-state index is 3.27. The molecule has 1 N–H and O–H groups in total. The molecule has 0 fully saturated rings. The number of benzene rings is 1. The van der Waals surface area contributed by atoms with Gasteiger partial charge in [0.15, 0.2) is 0 Å². The molecule has 0 aliphatic rings. The average Bonchev–Trinajstić information content (AvgIpc) is 3.00. The molecule has 3 aromatic rings. The Morgan fingerprint density at radius 2 is 2.00 bits per heavy atom. The fourth-order valence-electron chi connectivity index (χ4n) is 2.57. The minimum absolute atomic E-state index is 0.959. The van der Waals surface area contributed by atoms with Crippen molar-refractivity contribution >= 4 is 10.9 Å². The van der Waals surface area contributed by atoms with E-state index >= 15 is 0 Å². The largest absolute Gasteiger partial charge is 0.361 e. The van der Waals surface area contributed by atoms with Crippen LogP contribution in [0.15, 0.2) is 48.8 Å². The Bertz CT molecular complexity index is 678. The highest BCUT2D eigenvalue weighted by molar-refractivity contribution is 5.82. The van der Waals surface area contributed by atoms with E-state index < -0.39 is 0 Å². The summed E-state index contributed by atoms with van der Waals surface area (Å²) in [5.41, 5.74) is 3.92. The zero-order valence-electron chi connectivity index (χ0n) is 11.4. The summed E-state index contributed by atoms with van der Waals surface area (Å²) < 4.78 is 2.17. The minimum Gasteiger partial charge on any atom is -0.361 e. The van der Waals surface area contributed by atoms with E-state index in [0.717, 1.165) is 13.1 Å². The molecule has 0 atom stereocenters. The summed E-state index contributed by atoms with van der Waals surface area (Å²) in [7, 11) is 4.26. The van der Waals surface area contributed by atoms with Gasteiger partial charge in [0.25, 0.3) is 0 Å². The second-order valence-electron chi connectivity index (χ2n) is 5.14. The maximum absolute atomic E-state index is 3.27. The van der Waals surface area contributed by atoms with Crippen LogP contribution in [0.4, 0.5) is 0 Å². The minimum atomic E-state index is 0.959. The molecule has 1 aromatic carbocycles. The van der Waals surface area contributed by atoms with Crippen LogP contribution >= 0.6 is 0 Å². The molecule has 0 amide bonds. The SMILES string of the molecule is CN(Cc1cccc2[nH]ccc12)Cc1cccn1C. The normalized spacial score (nSPS) is 11.5. The zero-order valence-corrected chi connectivity index (χ0v) is 11.4. The zero-order chi connectivity index (χ0) is 13.2. The predicted octanol–water partition coefficient (Wildman–Crippen LogP) is 3.14. The monoisotopic (exact) mass is 253 g/mol. The highest BCUT2D eigenvalue weighted by Gasteiger charge is 2.07. The third-order valence-corrected chi connectivity index (χ3v) is 3.61. The van der Waals surface area contributed by atoms with E-state index in [2.05, 4.69) is 71.1 Å². The molecular formula is C16H19N3. The second kappa shape index (κ2) is 4.94. The Hall–Kier alpha value is -2.00. The molecule has 0 saturated carbocycles. The van der Waals surface area contributed by atoms with Crippen LogP contribution in [0, 0.1) is 0 Å². The van der Waals surface area contributed by atoms with Gasteiger partial charge in [-0.3, -0.25) is 4.90 Å². The second-order valence-corrected chi connectivity index (χ2v) is 5.14. The summed E-state index contributed by atoms with van der Waals surface area (Å²) in [6, 6.07) is 12.9. The van der Waals surface area contributed by atoms with Gasteiger partial charge >= 0.3 is 0 Å². The first-order valence-electron chi connectivity index (χ1n) is 6.58. The number of aryl methyl sites for hydroxylation is 1. The molecule has 3 heteroatoms. The van der Waals surface area contributed by atoms with Crippen molar-refractivity contribution in [2.45, 2.75) is 13.1 Å². The molecule has 0 saturated heterocycles. The highest BCUT2D eigenvalue weighted by atomic mass is 15.1. The number of rotatable bonds is 4. The molecule has 2 aromatic heterocycles. The number of aromatic amines is 1. The standard InChI is InChI=1S/C16H19N3/c1-18(12-14-6-4-10-19(14)2)11-13-5-3-7-16-15(13)8-9-17-16/h3-10,17H,11-12H2,1-2H3. The molecular weight excluding hydrogens is 234 g/mol. The summed E-state index contributed by atoms with van der Waals surface area (Å²) in [6.07, 6.45) is 4.10. The molecule has 3 nitrogen and oxygen atoms in total. The van der Waals surface area contributed by atoms with Crippen LogP contribution in [0.3, 0.4) is 0 Å². The summed E-state index contributed by atoms with van der Waals surface area (Å²) in [5.74, 6) is 0. The Morgan fingerprint density at radius 1 is 1.11 bits per heavy atom. The Morgan fingerprint density at radius 3 is 2.79 bits per heavy atom. The van der Waals surface area contributed by atoms with Gasteiger partial charge in [-0.1, -0.05) is 12.1 Å². The Labute approximate surface area is 113 Å². The van der Waals surface area contributed by atoms with Crippen molar-refractivity contribution in [3.63, 3.8) is 0 Å². The van der Waals surface area contributed by atoms with Crippen LogP contribution in [0.1, 0.15) is 11.3 Å². The summed E-state index contributed by atoms with van der Waals surface area (Å²) >= 11 is 0. The number of nitrogens with zero attached hydrogens (tertiary/aromatic N) is 2. The van der Waals surface area contributed by atoms with Crippen LogP contribution in [0.25, 0.3) is 10.9 Å². The van der Waals surface area contributed by atoms with Crippen LogP contribution in [0.5, 0.6) is 0 Å². The molecule has 0 radical (unpaired) electrons. The lowest BCUT2D eigenvalue weighted by molar-refractivity contribution is 0.312. The van der Waals surface area contributed by atoms with Crippen molar-refractivity contribution in [1.82, 2.24) is 14.5 Å². The van der Waals surface area contributed by atoms with Crippen LogP contribution < -0.4 is 0 Å². The van der Waals surface area contributed by atoms with Crippen molar-refractivity contribution in [3.05, 3.63) is 60.0 Å². The summed E-state index contributed by atoms with van der Waals surface area (Å²) in [6.45, 7) is 1.92. The topological polar surface area (TPSA) is 24.0 Å². The molecule has 19 heavy (non-hydrogen) atoms. The average molecular weight is 253 g/mol. The third-order valence-electron chi connectivity index (χ3n) is 3.61. The number of aromatic nitrogens is 2. The molecule has 3 rings (SSSR count). The molecule has 0 aliphatic heterocycles. The van der Waals surface area contributed by atoms with E-state index in [1.807, 2.05) is 6.20 Å². The van der Waals surface area contributed by atoms with Gasteiger partial charge in [-0.25, -0.2) is 0 Å². The third kappa shape index (κ3) is 2.42. The Kier molecular flexibility index (Phi) is 3.13. The molecule has 98 valence electrons. The van der Waals surface area contributed by atoms with E-state index in [0.29, 0.717) is 0 Å². The van der Waals surface area contributed by atoms with E-state index in [1.165, 1.54) is 22.2 Å². The number of hydrogen-bond donors (Lipinski definition) is 1. The van der Waals surface area contributed by atoms with E-state index in [-0.39, 0.29) is 0 Å². The van der Waals surface area contributed by atoms with Gasteiger partial charge in [0.05, 0.1) is 0 Å². The number of nitrogens with one attached hydrogen (secondary N) is 1. The first-order chi connectivity index (χ1) is 9.24. The van der Waals surface area contributed by atoms with Crippen molar-refractivity contribution in [2.24, 2.45) is 7.05 Å². The van der Waals surface area contributed by atoms with Gasteiger partial charge in [-0.15, -0.1) is 0 Å². The molecule has 0 spiro atoms. The lowest BCUT2D eigenvalue weighted by Crippen LogP contribution is -2.18. The van der Waals surface area contributed by atoms with Crippen LogP contribution in [-0.2, 0) is 20.1 Å². The van der Waals surface area contributed by atoms with Crippen molar-refractivity contribution in [3.8, 4) is 0 Å². The van der Waals surface area contributed by atoms with Gasteiger partial charge in [0.1, 0.15) is 0 Å². The van der Waals surface area contributed by atoms with E-state index in [4.69, 9.17) is 0 Å². The molecule has 0 unspecified atom stereocenters. The quantitative estimate of drug-likeness (QED) is 0.759.